The zero-order valence-corrected chi connectivity index (χ0v) is 16.3. The predicted molar refractivity (Wildman–Crippen MR) is 102 cm³/mol. The monoisotopic (exact) mass is 436 g/mol. The maximum absolute atomic E-state index is 12.5. The molecule has 0 aliphatic carbocycles. The summed E-state index contributed by atoms with van der Waals surface area (Å²) in [6.45, 7) is 1.80. The SMILES string of the molecule is Cl.O=S(=O)(Nc1cccc(C2CCCNC2)c1)c1cccc(OC(F)(F)F)c1. The standard InChI is InChI=1S/C18H19F3N2O3S.ClH/c19-18(20,21)26-16-7-2-8-17(11-16)27(24,25)23-15-6-1-4-13(10-15)14-5-3-9-22-12-14;/h1-2,4,6-8,10-11,14,22-23H,3,5,9,12H2;1H. The Balaban J connectivity index is 0.00000280. The Kier molecular flexibility index (Phi) is 7.19. The first-order valence-corrected chi connectivity index (χ1v) is 9.90. The summed E-state index contributed by atoms with van der Waals surface area (Å²) in [5.74, 6) is -0.292. The van der Waals surface area contributed by atoms with Crippen LogP contribution < -0.4 is 14.8 Å². The fourth-order valence-corrected chi connectivity index (χ4v) is 4.13. The molecule has 2 N–H and O–H groups in total. The molecular formula is C18H20ClF3N2O3S. The second-order valence-corrected chi connectivity index (χ2v) is 7.98. The number of sulfonamides is 1. The van der Waals surface area contributed by atoms with Gasteiger partial charge in [0.2, 0.25) is 0 Å². The molecule has 1 fully saturated rings. The minimum absolute atomic E-state index is 0. The summed E-state index contributed by atoms with van der Waals surface area (Å²) in [5.41, 5.74) is 1.37. The molecular weight excluding hydrogens is 417 g/mol. The maximum atomic E-state index is 12.5. The first-order chi connectivity index (χ1) is 12.7. The molecule has 0 bridgehead atoms. The minimum atomic E-state index is -4.89. The van der Waals surface area contributed by atoms with Gasteiger partial charge in [0.05, 0.1) is 4.90 Å². The largest absolute Gasteiger partial charge is 0.573 e. The molecule has 10 heteroatoms. The smallest absolute Gasteiger partial charge is 0.406 e. The van der Waals surface area contributed by atoms with Gasteiger partial charge in [-0.3, -0.25) is 4.72 Å². The number of nitrogens with one attached hydrogen (secondary N) is 2. The zero-order chi connectivity index (χ0) is 19.5. The molecule has 3 rings (SSSR count). The molecule has 28 heavy (non-hydrogen) atoms. The Morgan fingerprint density at radius 1 is 1.11 bits per heavy atom. The first kappa shape index (κ1) is 22.3. The predicted octanol–water partition coefficient (Wildman–Crippen LogP) is 4.27. The average molecular weight is 437 g/mol. The molecule has 1 aliphatic rings. The van der Waals surface area contributed by atoms with Crippen molar-refractivity contribution in [3.05, 3.63) is 54.1 Å². The summed E-state index contributed by atoms with van der Waals surface area (Å²) in [5, 5.41) is 3.31. The molecule has 1 unspecified atom stereocenters. The van der Waals surface area contributed by atoms with E-state index in [4.69, 9.17) is 0 Å². The maximum Gasteiger partial charge on any atom is 0.573 e. The molecule has 0 amide bonds. The van der Waals surface area contributed by atoms with Gasteiger partial charge in [-0.15, -0.1) is 25.6 Å². The lowest BCUT2D eigenvalue weighted by Crippen LogP contribution is -2.28. The molecule has 0 spiro atoms. The molecule has 5 nitrogen and oxygen atoms in total. The number of hydrogen-bond acceptors (Lipinski definition) is 4. The lowest BCUT2D eigenvalue weighted by Gasteiger charge is -2.23. The van der Waals surface area contributed by atoms with Crippen LogP contribution in [-0.4, -0.2) is 27.9 Å². The van der Waals surface area contributed by atoms with Gasteiger partial charge in [-0.2, -0.15) is 0 Å². The highest BCUT2D eigenvalue weighted by molar-refractivity contribution is 7.92. The van der Waals surface area contributed by atoms with Gasteiger partial charge in [0.15, 0.2) is 0 Å². The molecule has 1 aliphatic heterocycles. The number of anilines is 1. The van der Waals surface area contributed by atoms with E-state index in [2.05, 4.69) is 14.8 Å². The van der Waals surface area contributed by atoms with E-state index in [0.29, 0.717) is 11.6 Å². The van der Waals surface area contributed by atoms with Crippen molar-refractivity contribution in [2.75, 3.05) is 17.8 Å². The Bertz CT molecular complexity index is 901. The van der Waals surface area contributed by atoms with E-state index >= 15 is 0 Å². The molecule has 0 aromatic heterocycles. The topological polar surface area (TPSA) is 67.4 Å². The van der Waals surface area contributed by atoms with Crippen molar-refractivity contribution < 1.29 is 26.3 Å². The van der Waals surface area contributed by atoms with Crippen molar-refractivity contribution in [1.29, 1.82) is 0 Å². The van der Waals surface area contributed by atoms with Crippen LogP contribution in [0.5, 0.6) is 5.75 Å². The third-order valence-corrected chi connectivity index (χ3v) is 5.64. The van der Waals surface area contributed by atoms with Crippen molar-refractivity contribution in [2.24, 2.45) is 0 Å². The van der Waals surface area contributed by atoms with Crippen molar-refractivity contribution >= 4 is 28.1 Å². The molecule has 2 aromatic rings. The van der Waals surface area contributed by atoms with Crippen LogP contribution in [0.2, 0.25) is 0 Å². The second kappa shape index (κ2) is 9.02. The number of benzene rings is 2. The normalized spacial score (nSPS) is 17.5. The fourth-order valence-electron chi connectivity index (χ4n) is 3.04. The van der Waals surface area contributed by atoms with Crippen LogP contribution in [0.15, 0.2) is 53.4 Å². The van der Waals surface area contributed by atoms with Crippen LogP contribution in [0.1, 0.15) is 24.3 Å². The van der Waals surface area contributed by atoms with E-state index in [1.54, 1.807) is 18.2 Å². The van der Waals surface area contributed by atoms with E-state index in [-0.39, 0.29) is 17.3 Å². The first-order valence-electron chi connectivity index (χ1n) is 8.42. The van der Waals surface area contributed by atoms with E-state index in [1.807, 2.05) is 6.07 Å². The van der Waals surface area contributed by atoms with Crippen LogP contribution in [0, 0.1) is 0 Å². The average Bonchev–Trinajstić information content (AvgIpc) is 2.61. The highest BCUT2D eigenvalue weighted by Crippen LogP contribution is 2.28. The van der Waals surface area contributed by atoms with E-state index in [9.17, 15) is 21.6 Å². The Morgan fingerprint density at radius 2 is 1.86 bits per heavy atom. The minimum Gasteiger partial charge on any atom is -0.406 e. The summed E-state index contributed by atoms with van der Waals surface area (Å²) < 4.78 is 68.3. The number of alkyl halides is 3. The molecule has 2 aromatic carbocycles. The van der Waals surface area contributed by atoms with Gasteiger partial charge in [-0.1, -0.05) is 18.2 Å². The summed E-state index contributed by atoms with van der Waals surface area (Å²) in [4.78, 5) is -0.311. The quantitative estimate of drug-likeness (QED) is 0.734. The Hall–Kier alpha value is -1.97. The molecule has 154 valence electrons. The number of halogens is 4. The van der Waals surface area contributed by atoms with Gasteiger partial charge in [-0.05, 0) is 55.1 Å². The number of rotatable bonds is 5. The summed E-state index contributed by atoms with van der Waals surface area (Å²) in [7, 11) is -4.05. The van der Waals surface area contributed by atoms with Crippen molar-refractivity contribution in [1.82, 2.24) is 5.32 Å². The van der Waals surface area contributed by atoms with Crippen molar-refractivity contribution in [3.8, 4) is 5.75 Å². The van der Waals surface area contributed by atoms with Crippen LogP contribution in [0.3, 0.4) is 0 Å². The zero-order valence-electron chi connectivity index (χ0n) is 14.7. The third-order valence-electron chi connectivity index (χ3n) is 4.26. The molecule has 1 heterocycles. The highest BCUT2D eigenvalue weighted by Gasteiger charge is 2.31. The Morgan fingerprint density at radius 3 is 2.54 bits per heavy atom. The lowest BCUT2D eigenvalue weighted by molar-refractivity contribution is -0.274. The van der Waals surface area contributed by atoms with Crippen LogP contribution >= 0.6 is 12.4 Å². The van der Waals surface area contributed by atoms with Gasteiger partial charge in [0.1, 0.15) is 5.75 Å². The molecule has 1 saturated heterocycles. The van der Waals surface area contributed by atoms with E-state index < -0.39 is 22.1 Å². The van der Waals surface area contributed by atoms with Gasteiger partial charge >= 0.3 is 6.36 Å². The van der Waals surface area contributed by atoms with Crippen LogP contribution in [0.25, 0.3) is 0 Å². The van der Waals surface area contributed by atoms with E-state index in [1.165, 1.54) is 12.1 Å². The number of piperidine rings is 1. The van der Waals surface area contributed by atoms with Crippen molar-refractivity contribution in [2.45, 2.75) is 30.0 Å². The summed E-state index contributed by atoms with van der Waals surface area (Å²) >= 11 is 0. The van der Waals surface area contributed by atoms with Gasteiger partial charge < -0.3 is 10.1 Å². The third kappa shape index (κ3) is 6.02. The molecule has 1 atom stereocenters. The number of hydrogen-bond donors (Lipinski definition) is 2. The van der Waals surface area contributed by atoms with Crippen LogP contribution in [0.4, 0.5) is 18.9 Å². The van der Waals surface area contributed by atoms with Gasteiger partial charge in [0, 0.05) is 18.3 Å². The molecule has 0 radical (unpaired) electrons. The van der Waals surface area contributed by atoms with Crippen LogP contribution in [-0.2, 0) is 10.0 Å². The highest BCUT2D eigenvalue weighted by atomic mass is 35.5. The molecule has 0 saturated carbocycles. The van der Waals surface area contributed by atoms with Gasteiger partial charge in [-0.25, -0.2) is 8.42 Å². The summed E-state index contributed by atoms with van der Waals surface area (Å²) in [6, 6.07) is 11.3. The van der Waals surface area contributed by atoms with E-state index in [0.717, 1.165) is 43.6 Å². The van der Waals surface area contributed by atoms with Gasteiger partial charge in [0.25, 0.3) is 10.0 Å². The second-order valence-electron chi connectivity index (χ2n) is 6.30. The number of ether oxygens (including phenoxy) is 1. The Labute approximate surface area is 167 Å². The van der Waals surface area contributed by atoms with Crippen molar-refractivity contribution in [3.63, 3.8) is 0 Å². The fraction of sp³-hybridized carbons (Fsp3) is 0.333. The summed E-state index contributed by atoms with van der Waals surface area (Å²) in [6.07, 6.45) is -2.83. The lowest BCUT2D eigenvalue weighted by atomic mass is 9.91.